The number of carbonyl (C=O) groups excluding carboxylic acids is 2. The van der Waals surface area contributed by atoms with Crippen molar-refractivity contribution in [3.8, 4) is 0 Å². The molecule has 31 heavy (non-hydrogen) atoms. The Hall–Kier alpha value is -1.52. The van der Waals surface area contributed by atoms with Crippen LogP contribution >= 0.6 is 0 Å². The number of nitrogens with one attached hydrogen (secondary N) is 1. The van der Waals surface area contributed by atoms with Gasteiger partial charge in [-0.2, -0.15) is 0 Å². The van der Waals surface area contributed by atoms with Crippen LogP contribution in [0, 0.1) is 0 Å². The van der Waals surface area contributed by atoms with Crippen molar-refractivity contribution in [3.63, 3.8) is 0 Å². The van der Waals surface area contributed by atoms with Crippen LogP contribution in [0.2, 0.25) is 0 Å². The average molecular weight is 440 g/mol. The summed E-state index contributed by atoms with van der Waals surface area (Å²) in [7, 11) is 0. The lowest BCUT2D eigenvalue weighted by atomic mass is 10.0. The smallest absolute Gasteiger partial charge is 0.407 e. The maximum Gasteiger partial charge on any atom is 0.407 e. The Labute approximate surface area is 191 Å². The minimum absolute atomic E-state index is 0.328. The second kappa shape index (κ2) is 24.7. The van der Waals surface area contributed by atoms with E-state index in [1.165, 1.54) is 89.9 Å². The molecule has 5 heteroatoms. The molecule has 0 radical (unpaired) electrons. The lowest BCUT2D eigenvalue weighted by Crippen LogP contribution is -2.25. The Bertz CT molecular complexity index is 426. The number of hydrogen-bond acceptors (Lipinski definition) is 4. The van der Waals surface area contributed by atoms with E-state index in [0.717, 1.165) is 18.9 Å². The summed E-state index contributed by atoms with van der Waals surface area (Å²) < 4.78 is 9.95. The van der Waals surface area contributed by atoms with Crippen LogP contribution in [0.1, 0.15) is 122 Å². The lowest BCUT2D eigenvalue weighted by Gasteiger charge is -2.07. The van der Waals surface area contributed by atoms with Crippen LogP contribution in [0.5, 0.6) is 0 Å². The summed E-state index contributed by atoms with van der Waals surface area (Å²) in [5, 5.41) is 2.79. The average Bonchev–Trinajstić information content (AvgIpc) is 2.78. The van der Waals surface area contributed by atoms with E-state index < -0.39 is 5.97 Å². The van der Waals surface area contributed by atoms with Crippen molar-refractivity contribution in [2.24, 2.45) is 0 Å². The fraction of sp³-hybridized carbons (Fsp3) is 0.846. The largest absolute Gasteiger partial charge is 0.463 e. The number of esters is 1. The fourth-order valence-corrected chi connectivity index (χ4v) is 3.52. The van der Waals surface area contributed by atoms with Gasteiger partial charge in [-0.15, -0.1) is 0 Å². The Morgan fingerprint density at radius 2 is 1.06 bits per heavy atom. The van der Waals surface area contributed by atoms with E-state index in [9.17, 15) is 9.59 Å². The number of ether oxygens (including phenoxy) is 2. The predicted molar refractivity (Wildman–Crippen MR) is 129 cm³/mol. The number of amides is 1. The van der Waals surface area contributed by atoms with E-state index >= 15 is 0 Å². The van der Waals surface area contributed by atoms with E-state index in [2.05, 4.69) is 18.8 Å². The SMILES string of the molecule is C=CC(=O)OCCCCOC(=O)NCCCCCCCCCCCCCCCCCC. The molecule has 1 N–H and O–H groups in total. The summed E-state index contributed by atoms with van der Waals surface area (Å²) in [6, 6.07) is 0. The Balaban J connectivity index is 3.16. The molecule has 0 saturated heterocycles. The second-order valence-corrected chi connectivity index (χ2v) is 8.44. The topological polar surface area (TPSA) is 64.6 Å². The van der Waals surface area contributed by atoms with Crippen LogP contribution in [-0.2, 0) is 14.3 Å². The Morgan fingerprint density at radius 1 is 0.645 bits per heavy atom. The minimum atomic E-state index is -0.419. The van der Waals surface area contributed by atoms with Gasteiger partial charge in [0.05, 0.1) is 13.2 Å². The zero-order valence-electron chi connectivity index (χ0n) is 20.3. The van der Waals surface area contributed by atoms with Crippen molar-refractivity contribution >= 4 is 12.1 Å². The maximum absolute atomic E-state index is 11.6. The summed E-state index contributed by atoms with van der Waals surface area (Å²) in [5.74, 6) is -0.419. The monoisotopic (exact) mass is 439 g/mol. The Morgan fingerprint density at radius 3 is 1.52 bits per heavy atom. The molecule has 0 saturated carbocycles. The molecule has 0 heterocycles. The first kappa shape index (κ1) is 29.5. The third-order valence-electron chi connectivity index (χ3n) is 5.48. The molecule has 0 rings (SSSR count). The molecule has 1 amide bonds. The first-order valence-electron chi connectivity index (χ1n) is 12.9. The van der Waals surface area contributed by atoms with E-state index in [4.69, 9.17) is 9.47 Å². The molecular weight excluding hydrogens is 390 g/mol. The first-order valence-corrected chi connectivity index (χ1v) is 12.9. The normalized spacial score (nSPS) is 10.6. The van der Waals surface area contributed by atoms with Crippen molar-refractivity contribution < 1.29 is 19.1 Å². The van der Waals surface area contributed by atoms with Gasteiger partial charge in [0.15, 0.2) is 0 Å². The number of rotatable bonds is 23. The van der Waals surface area contributed by atoms with Gasteiger partial charge < -0.3 is 14.8 Å². The van der Waals surface area contributed by atoms with Crippen molar-refractivity contribution in [3.05, 3.63) is 12.7 Å². The molecule has 0 aromatic carbocycles. The van der Waals surface area contributed by atoms with E-state index in [0.29, 0.717) is 32.6 Å². The van der Waals surface area contributed by atoms with Gasteiger partial charge in [0.2, 0.25) is 0 Å². The van der Waals surface area contributed by atoms with Crippen molar-refractivity contribution in [1.29, 1.82) is 0 Å². The van der Waals surface area contributed by atoms with Gasteiger partial charge in [-0.3, -0.25) is 0 Å². The molecule has 0 fully saturated rings. The zero-order valence-corrected chi connectivity index (χ0v) is 20.3. The number of carbonyl (C=O) groups is 2. The highest BCUT2D eigenvalue weighted by Gasteiger charge is 2.01. The maximum atomic E-state index is 11.6. The van der Waals surface area contributed by atoms with Crippen molar-refractivity contribution in [1.82, 2.24) is 5.32 Å². The minimum Gasteiger partial charge on any atom is -0.463 e. The van der Waals surface area contributed by atoms with Gasteiger partial charge in [-0.25, -0.2) is 9.59 Å². The number of unbranched alkanes of at least 4 members (excludes halogenated alkanes) is 16. The second-order valence-electron chi connectivity index (χ2n) is 8.44. The molecule has 0 atom stereocenters. The molecule has 0 unspecified atom stereocenters. The van der Waals surface area contributed by atoms with Gasteiger partial charge in [-0.1, -0.05) is 110 Å². The van der Waals surface area contributed by atoms with Crippen LogP contribution in [0.3, 0.4) is 0 Å². The van der Waals surface area contributed by atoms with Crippen LogP contribution in [-0.4, -0.2) is 31.8 Å². The molecule has 0 aliphatic carbocycles. The van der Waals surface area contributed by atoms with Gasteiger partial charge in [0, 0.05) is 12.6 Å². The molecule has 182 valence electrons. The molecule has 0 spiro atoms. The Kier molecular flexibility index (Phi) is 23.5. The standard InChI is InChI=1S/C26H49NO4/c1-3-5-6-7-8-9-10-11-12-13-14-15-16-17-18-19-22-27-26(29)31-24-21-20-23-30-25(28)4-2/h4H,2-3,5-24H2,1H3,(H,27,29). The lowest BCUT2D eigenvalue weighted by molar-refractivity contribution is -0.137. The highest BCUT2D eigenvalue weighted by Crippen LogP contribution is 2.13. The summed E-state index contributed by atoms with van der Waals surface area (Å²) in [5.41, 5.74) is 0. The van der Waals surface area contributed by atoms with Crippen LogP contribution in [0.4, 0.5) is 4.79 Å². The highest BCUT2D eigenvalue weighted by molar-refractivity contribution is 5.81. The summed E-state index contributed by atoms with van der Waals surface area (Å²) >= 11 is 0. The van der Waals surface area contributed by atoms with Gasteiger partial charge in [0.25, 0.3) is 0 Å². The van der Waals surface area contributed by atoms with Crippen LogP contribution in [0.15, 0.2) is 12.7 Å². The van der Waals surface area contributed by atoms with Gasteiger partial charge in [-0.05, 0) is 19.3 Å². The third kappa shape index (κ3) is 24.6. The van der Waals surface area contributed by atoms with Crippen molar-refractivity contribution in [2.45, 2.75) is 122 Å². The third-order valence-corrected chi connectivity index (χ3v) is 5.48. The molecular formula is C26H49NO4. The van der Waals surface area contributed by atoms with Crippen LogP contribution < -0.4 is 5.32 Å². The number of alkyl carbamates (subject to hydrolysis) is 1. The fourth-order valence-electron chi connectivity index (χ4n) is 3.52. The summed E-state index contributed by atoms with van der Waals surface area (Å²) in [6.45, 7) is 6.95. The highest BCUT2D eigenvalue weighted by atomic mass is 16.5. The molecule has 5 nitrogen and oxygen atoms in total. The van der Waals surface area contributed by atoms with Gasteiger partial charge >= 0.3 is 12.1 Å². The quantitative estimate of drug-likeness (QED) is 0.102. The summed E-state index contributed by atoms with van der Waals surface area (Å²) in [6.07, 6.45) is 23.7. The summed E-state index contributed by atoms with van der Waals surface area (Å²) in [4.78, 5) is 22.4. The first-order chi connectivity index (χ1) is 15.2. The van der Waals surface area contributed by atoms with E-state index in [1.54, 1.807) is 0 Å². The van der Waals surface area contributed by atoms with Crippen LogP contribution in [0.25, 0.3) is 0 Å². The molecule has 0 aliphatic heterocycles. The molecule has 0 bridgehead atoms. The molecule has 0 aliphatic rings. The van der Waals surface area contributed by atoms with Gasteiger partial charge in [0.1, 0.15) is 0 Å². The number of hydrogen-bond donors (Lipinski definition) is 1. The molecule has 0 aromatic heterocycles. The zero-order chi connectivity index (χ0) is 22.8. The van der Waals surface area contributed by atoms with E-state index in [-0.39, 0.29) is 6.09 Å². The van der Waals surface area contributed by atoms with E-state index in [1.807, 2.05) is 0 Å². The predicted octanol–water partition coefficient (Wildman–Crippen LogP) is 7.48. The van der Waals surface area contributed by atoms with Crippen molar-refractivity contribution in [2.75, 3.05) is 19.8 Å². The molecule has 0 aromatic rings.